The lowest BCUT2D eigenvalue weighted by atomic mass is 10.1. The lowest BCUT2D eigenvalue weighted by Gasteiger charge is -2.15. The number of urea groups is 1. The standard InChI is InChI=1S/C18H23FN4O2/c1-23-11-12(14-6-5-13(19)10-16(14)23)7-9-21-18(25)22-15-4-2-3-8-20-17(15)24/h5-6,10-11,15H,2-4,7-9H2,1H3,(H,20,24)(H2,21,22,25)/t15-/m1/s1. The van der Waals surface area contributed by atoms with Crippen molar-refractivity contribution in [3.8, 4) is 0 Å². The Morgan fingerprint density at radius 2 is 2.24 bits per heavy atom. The summed E-state index contributed by atoms with van der Waals surface area (Å²) in [5, 5.41) is 9.29. The van der Waals surface area contributed by atoms with Crippen LogP contribution >= 0.6 is 0 Å². The molecule has 7 heteroatoms. The molecular formula is C18H23FN4O2. The lowest BCUT2D eigenvalue weighted by Crippen LogP contribution is -2.49. The minimum absolute atomic E-state index is 0.122. The summed E-state index contributed by atoms with van der Waals surface area (Å²) in [5.41, 5.74) is 1.87. The maximum atomic E-state index is 13.4. The summed E-state index contributed by atoms with van der Waals surface area (Å²) in [4.78, 5) is 23.9. The number of benzene rings is 1. The first kappa shape index (κ1) is 17.3. The Bertz CT molecular complexity index is 787. The number of halogens is 1. The molecule has 1 fully saturated rings. The summed E-state index contributed by atoms with van der Waals surface area (Å²) in [7, 11) is 1.87. The molecule has 0 spiro atoms. The van der Waals surface area contributed by atoms with Gasteiger partial charge in [0.1, 0.15) is 11.9 Å². The molecule has 1 aliphatic rings. The van der Waals surface area contributed by atoms with E-state index in [1.54, 1.807) is 6.07 Å². The predicted octanol–water partition coefficient (Wildman–Crippen LogP) is 1.83. The van der Waals surface area contributed by atoms with Gasteiger partial charge in [-0.2, -0.15) is 0 Å². The molecule has 6 nitrogen and oxygen atoms in total. The monoisotopic (exact) mass is 346 g/mol. The summed E-state index contributed by atoms with van der Waals surface area (Å²) in [6, 6.07) is 3.90. The maximum Gasteiger partial charge on any atom is 0.315 e. The average molecular weight is 346 g/mol. The minimum Gasteiger partial charge on any atom is -0.354 e. The number of nitrogens with zero attached hydrogens (tertiary/aromatic N) is 1. The van der Waals surface area contributed by atoms with E-state index < -0.39 is 6.04 Å². The maximum absolute atomic E-state index is 13.4. The van der Waals surface area contributed by atoms with Crippen LogP contribution in [0.15, 0.2) is 24.4 Å². The van der Waals surface area contributed by atoms with Crippen LogP contribution in [0.3, 0.4) is 0 Å². The highest BCUT2D eigenvalue weighted by Gasteiger charge is 2.22. The van der Waals surface area contributed by atoms with E-state index in [0.717, 1.165) is 29.3 Å². The van der Waals surface area contributed by atoms with Gasteiger partial charge in [0.15, 0.2) is 0 Å². The lowest BCUT2D eigenvalue weighted by molar-refractivity contribution is -0.122. The molecule has 3 N–H and O–H groups in total. The first-order valence-corrected chi connectivity index (χ1v) is 8.60. The largest absolute Gasteiger partial charge is 0.354 e. The van der Waals surface area contributed by atoms with Gasteiger partial charge in [-0.3, -0.25) is 4.79 Å². The van der Waals surface area contributed by atoms with E-state index >= 15 is 0 Å². The Balaban J connectivity index is 1.54. The molecule has 0 unspecified atom stereocenters. The Morgan fingerprint density at radius 3 is 3.08 bits per heavy atom. The van der Waals surface area contributed by atoms with Crippen LogP contribution in [0.1, 0.15) is 24.8 Å². The highest BCUT2D eigenvalue weighted by Crippen LogP contribution is 2.21. The van der Waals surface area contributed by atoms with Gasteiger partial charge in [-0.25, -0.2) is 9.18 Å². The molecule has 134 valence electrons. The number of fused-ring (bicyclic) bond motifs is 1. The van der Waals surface area contributed by atoms with Crippen LogP contribution in [-0.4, -0.2) is 35.6 Å². The molecule has 1 aromatic carbocycles. The van der Waals surface area contributed by atoms with Gasteiger partial charge in [0, 0.05) is 31.7 Å². The number of aromatic nitrogens is 1. The van der Waals surface area contributed by atoms with Crippen molar-refractivity contribution in [2.75, 3.05) is 13.1 Å². The molecule has 1 aromatic heterocycles. The van der Waals surface area contributed by atoms with E-state index in [1.807, 2.05) is 17.8 Å². The SMILES string of the molecule is Cn1cc(CCNC(=O)N[C@@H]2CCCCNC2=O)c2ccc(F)cc21. The second-order valence-corrected chi connectivity index (χ2v) is 6.42. The third-order valence-corrected chi connectivity index (χ3v) is 4.56. The van der Waals surface area contributed by atoms with Crippen molar-refractivity contribution in [3.05, 3.63) is 35.8 Å². The van der Waals surface area contributed by atoms with Crippen molar-refractivity contribution in [1.82, 2.24) is 20.5 Å². The highest BCUT2D eigenvalue weighted by molar-refractivity contribution is 5.87. The van der Waals surface area contributed by atoms with Crippen LogP contribution in [0.5, 0.6) is 0 Å². The van der Waals surface area contributed by atoms with Crippen molar-refractivity contribution >= 4 is 22.8 Å². The number of rotatable bonds is 4. The topological polar surface area (TPSA) is 75.2 Å². The van der Waals surface area contributed by atoms with E-state index in [0.29, 0.717) is 25.9 Å². The summed E-state index contributed by atoms with van der Waals surface area (Å²) in [6.45, 7) is 1.11. The van der Waals surface area contributed by atoms with Crippen LogP contribution in [0.4, 0.5) is 9.18 Å². The molecule has 3 rings (SSSR count). The zero-order chi connectivity index (χ0) is 17.8. The smallest absolute Gasteiger partial charge is 0.315 e. The van der Waals surface area contributed by atoms with Crippen molar-refractivity contribution < 1.29 is 14.0 Å². The number of hydrogen-bond acceptors (Lipinski definition) is 2. The number of amides is 3. The van der Waals surface area contributed by atoms with E-state index in [-0.39, 0.29) is 17.8 Å². The van der Waals surface area contributed by atoms with Gasteiger partial charge < -0.3 is 20.5 Å². The number of aryl methyl sites for hydroxylation is 1. The van der Waals surface area contributed by atoms with Crippen LogP contribution in [0.2, 0.25) is 0 Å². The molecule has 25 heavy (non-hydrogen) atoms. The van der Waals surface area contributed by atoms with Crippen molar-refractivity contribution in [1.29, 1.82) is 0 Å². The fourth-order valence-corrected chi connectivity index (χ4v) is 3.24. The molecule has 1 saturated heterocycles. The van der Waals surface area contributed by atoms with Crippen LogP contribution < -0.4 is 16.0 Å². The van der Waals surface area contributed by atoms with Crippen molar-refractivity contribution in [2.24, 2.45) is 7.05 Å². The second-order valence-electron chi connectivity index (χ2n) is 6.42. The third kappa shape index (κ3) is 4.10. The van der Waals surface area contributed by atoms with Gasteiger partial charge in [-0.05, 0) is 49.4 Å². The fraction of sp³-hybridized carbons (Fsp3) is 0.444. The van der Waals surface area contributed by atoms with Gasteiger partial charge in [0.05, 0.1) is 5.52 Å². The van der Waals surface area contributed by atoms with Crippen LogP contribution in [-0.2, 0) is 18.3 Å². The molecule has 1 aliphatic heterocycles. The highest BCUT2D eigenvalue weighted by atomic mass is 19.1. The zero-order valence-electron chi connectivity index (χ0n) is 14.3. The van der Waals surface area contributed by atoms with E-state index in [9.17, 15) is 14.0 Å². The van der Waals surface area contributed by atoms with Gasteiger partial charge in [-0.1, -0.05) is 0 Å². The van der Waals surface area contributed by atoms with Gasteiger partial charge in [0.2, 0.25) is 5.91 Å². The summed E-state index contributed by atoms with van der Waals surface area (Å²) < 4.78 is 15.2. The van der Waals surface area contributed by atoms with Crippen molar-refractivity contribution in [2.45, 2.75) is 31.7 Å². The van der Waals surface area contributed by atoms with E-state index in [2.05, 4.69) is 16.0 Å². The first-order valence-electron chi connectivity index (χ1n) is 8.60. The molecule has 2 heterocycles. The zero-order valence-corrected chi connectivity index (χ0v) is 14.3. The minimum atomic E-state index is -0.469. The number of carbonyl (C=O) groups excluding carboxylic acids is 2. The number of nitrogens with one attached hydrogen (secondary N) is 3. The van der Waals surface area contributed by atoms with E-state index in [4.69, 9.17) is 0 Å². The Morgan fingerprint density at radius 1 is 1.40 bits per heavy atom. The Labute approximate surface area is 145 Å². The van der Waals surface area contributed by atoms with Gasteiger partial charge >= 0.3 is 6.03 Å². The third-order valence-electron chi connectivity index (χ3n) is 4.56. The Kier molecular flexibility index (Phi) is 5.21. The molecular weight excluding hydrogens is 323 g/mol. The Hall–Kier alpha value is -2.57. The normalized spacial score (nSPS) is 17.8. The summed E-state index contributed by atoms with van der Waals surface area (Å²) in [5.74, 6) is -0.386. The quantitative estimate of drug-likeness (QED) is 0.790. The molecule has 0 bridgehead atoms. The van der Waals surface area contributed by atoms with E-state index in [1.165, 1.54) is 12.1 Å². The molecule has 1 atom stereocenters. The molecule has 0 saturated carbocycles. The summed E-state index contributed by atoms with van der Waals surface area (Å²) in [6.07, 6.45) is 5.09. The summed E-state index contributed by atoms with van der Waals surface area (Å²) >= 11 is 0. The molecule has 3 amide bonds. The molecule has 0 radical (unpaired) electrons. The van der Waals surface area contributed by atoms with Crippen LogP contribution in [0.25, 0.3) is 10.9 Å². The average Bonchev–Trinajstić information content (AvgIpc) is 2.74. The van der Waals surface area contributed by atoms with Crippen LogP contribution in [0, 0.1) is 5.82 Å². The first-order chi connectivity index (χ1) is 12.0. The van der Waals surface area contributed by atoms with Gasteiger partial charge in [-0.15, -0.1) is 0 Å². The van der Waals surface area contributed by atoms with Crippen molar-refractivity contribution in [3.63, 3.8) is 0 Å². The number of hydrogen-bond donors (Lipinski definition) is 3. The second kappa shape index (κ2) is 7.55. The molecule has 0 aliphatic carbocycles. The fourth-order valence-electron chi connectivity index (χ4n) is 3.24. The predicted molar refractivity (Wildman–Crippen MR) is 93.8 cm³/mol. The van der Waals surface area contributed by atoms with Gasteiger partial charge in [0.25, 0.3) is 0 Å². The number of carbonyl (C=O) groups is 2. The molecule has 2 aromatic rings.